The molecule has 0 aliphatic rings. The zero-order valence-electron chi connectivity index (χ0n) is 9.16. The molecule has 3 heteroatoms. The molecule has 0 atom stereocenters. The molecule has 0 radical (unpaired) electrons. The molecular formula is C12H16N2O. The van der Waals surface area contributed by atoms with Crippen LogP contribution in [-0.4, -0.2) is 18.2 Å². The van der Waals surface area contributed by atoms with Gasteiger partial charge in [0.15, 0.2) is 0 Å². The van der Waals surface area contributed by atoms with E-state index in [-0.39, 0.29) is 0 Å². The van der Waals surface area contributed by atoms with Crippen LogP contribution in [-0.2, 0) is 13.5 Å². The molecule has 0 saturated carbocycles. The lowest BCUT2D eigenvalue weighted by molar-refractivity contribution is 0.410. The largest absolute Gasteiger partial charge is 0.496 e. The van der Waals surface area contributed by atoms with Gasteiger partial charge in [0.05, 0.1) is 7.11 Å². The van der Waals surface area contributed by atoms with E-state index in [0.717, 1.165) is 12.2 Å². The highest BCUT2D eigenvalue weighted by molar-refractivity contribution is 5.86. The number of aromatic nitrogens is 1. The first kappa shape index (κ1) is 10.1. The van der Waals surface area contributed by atoms with Gasteiger partial charge in [0, 0.05) is 29.7 Å². The normalized spacial score (nSPS) is 10.9. The first-order valence-electron chi connectivity index (χ1n) is 5.09. The van der Waals surface area contributed by atoms with Gasteiger partial charge in [-0.2, -0.15) is 0 Å². The van der Waals surface area contributed by atoms with Crippen molar-refractivity contribution in [3.8, 4) is 5.75 Å². The van der Waals surface area contributed by atoms with E-state index in [1.54, 1.807) is 7.11 Å². The summed E-state index contributed by atoms with van der Waals surface area (Å²) in [5, 5.41) is 1.24. The summed E-state index contributed by atoms with van der Waals surface area (Å²) < 4.78 is 7.46. The topological polar surface area (TPSA) is 40.2 Å². The van der Waals surface area contributed by atoms with E-state index in [1.165, 1.54) is 16.5 Å². The smallest absolute Gasteiger partial charge is 0.122 e. The predicted molar refractivity (Wildman–Crippen MR) is 62.2 cm³/mol. The maximum absolute atomic E-state index is 5.62. The molecule has 3 nitrogen and oxygen atoms in total. The summed E-state index contributed by atoms with van der Waals surface area (Å²) in [5.74, 6) is 0.930. The van der Waals surface area contributed by atoms with Crippen LogP contribution in [0.3, 0.4) is 0 Å². The van der Waals surface area contributed by atoms with Crippen LogP contribution in [0, 0.1) is 0 Å². The molecule has 1 aromatic carbocycles. The first-order valence-corrected chi connectivity index (χ1v) is 5.09. The molecule has 15 heavy (non-hydrogen) atoms. The van der Waals surface area contributed by atoms with Crippen LogP contribution >= 0.6 is 0 Å². The summed E-state index contributed by atoms with van der Waals surface area (Å²) in [7, 11) is 3.74. The highest BCUT2D eigenvalue weighted by atomic mass is 16.5. The van der Waals surface area contributed by atoms with Crippen molar-refractivity contribution in [2.45, 2.75) is 6.42 Å². The monoisotopic (exact) mass is 204 g/mol. The number of ether oxygens (including phenoxy) is 1. The molecule has 1 aromatic heterocycles. The van der Waals surface area contributed by atoms with Gasteiger partial charge >= 0.3 is 0 Å². The zero-order valence-corrected chi connectivity index (χ0v) is 9.16. The molecule has 1 heterocycles. The van der Waals surface area contributed by atoms with Gasteiger partial charge in [-0.1, -0.05) is 0 Å². The summed E-state index contributed by atoms with van der Waals surface area (Å²) in [4.78, 5) is 0. The molecule has 80 valence electrons. The number of methoxy groups -OCH3 is 1. The Labute approximate surface area is 89.4 Å². The lowest BCUT2D eigenvalue weighted by Gasteiger charge is -2.09. The Morgan fingerprint density at radius 1 is 1.33 bits per heavy atom. The Morgan fingerprint density at radius 3 is 2.80 bits per heavy atom. The van der Waals surface area contributed by atoms with Crippen LogP contribution in [0.2, 0.25) is 0 Å². The van der Waals surface area contributed by atoms with Crippen molar-refractivity contribution in [3.05, 3.63) is 30.0 Å². The van der Waals surface area contributed by atoms with Gasteiger partial charge in [-0.25, -0.2) is 0 Å². The third-order valence-electron chi connectivity index (χ3n) is 2.75. The molecule has 0 aliphatic carbocycles. The van der Waals surface area contributed by atoms with E-state index in [9.17, 15) is 0 Å². The molecule has 0 saturated heterocycles. The highest BCUT2D eigenvalue weighted by Gasteiger charge is 2.09. The Kier molecular flexibility index (Phi) is 2.64. The summed E-state index contributed by atoms with van der Waals surface area (Å²) in [6, 6.07) is 6.20. The molecule has 0 aliphatic heterocycles. The average molecular weight is 204 g/mol. The minimum absolute atomic E-state index is 0.643. The number of nitrogens with two attached hydrogens (primary N) is 1. The summed E-state index contributed by atoms with van der Waals surface area (Å²) >= 11 is 0. The molecule has 0 fully saturated rings. The molecule has 0 spiro atoms. The Bertz CT molecular complexity index is 474. The summed E-state index contributed by atoms with van der Waals surface area (Å²) in [5.41, 5.74) is 8.05. The van der Waals surface area contributed by atoms with E-state index >= 15 is 0 Å². The van der Waals surface area contributed by atoms with E-state index in [1.807, 2.05) is 13.1 Å². The van der Waals surface area contributed by atoms with Crippen molar-refractivity contribution in [1.82, 2.24) is 4.57 Å². The summed E-state index contributed by atoms with van der Waals surface area (Å²) in [6.45, 7) is 0.643. The van der Waals surface area contributed by atoms with E-state index in [4.69, 9.17) is 10.5 Å². The van der Waals surface area contributed by atoms with Gasteiger partial charge in [-0.3, -0.25) is 0 Å². The number of fused-ring (bicyclic) bond motifs is 1. The number of nitrogens with zero attached hydrogens (tertiary/aromatic N) is 1. The fraction of sp³-hybridized carbons (Fsp3) is 0.333. The molecule has 2 N–H and O–H groups in total. The van der Waals surface area contributed by atoms with Crippen LogP contribution in [0.4, 0.5) is 0 Å². The van der Waals surface area contributed by atoms with Gasteiger partial charge in [-0.15, -0.1) is 0 Å². The average Bonchev–Trinajstić information content (AvgIpc) is 2.62. The van der Waals surface area contributed by atoms with Gasteiger partial charge in [0.25, 0.3) is 0 Å². The summed E-state index contributed by atoms with van der Waals surface area (Å²) in [6.07, 6.45) is 2.91. The van der Waals surface area contributed by atoms with Gasteiger partial charge in [-0.05, 0) is 31.2 Å². The van der Waals surface area contributed by atoms with Gasteiger partial charge in [0.1, 0.15) is 5.75 Å². The lowest BCUT2D eigenvalue weighted by atomic mass is 10.1. The Hall–Kier alpha value is -1.48. The zero-order chi connectivity index (χ0) is 10.8. The van der Waals surface area contributed by atoms with Crippen molar-refractivity contribution in [2.24, 2.45) is 12.8 Å². The van der Waals surface area contributed by atoms with Crippen molar-refractivity contribution in [3.63, 3.8) is 0 Å². The van der Waals surface area contributed by atoms with Crippen molar-refractivity contribution in [1.29, 1.82) is 0 Å². The highest BCUT2D eigenvalue weighted by Crippen LogP contribution is 2.28. The number of aryl methyl sites for hydroxylation is 1. The van der Waals surface area contributed by atoms with Gasteiger partial charge < -0.3 is 15.0 Å². The molecular weight excluding hydrogens is 188 g/mol. The number of hydrogen-bond donors (Lipinski definition) is 1. The van der Waals surface area contributed by atoms with Gasteiger partial charge in [0.2, 0.25) is 0 Å². The van der Waals surface area contributed by atoms with Crippen molar-refractivity contribution in [2.75, 3.05) is 13.7 Å². The predicted octanol–water partition coefficient (Wildman–Crippen LogP) is 1.69. The van der Waals surface area contributed by atoms with E-state index in [0.29, 0.717) is 6.54 Å². The fourth-order valence-electron chi connectivity index (χ4n) is 1.99. The second kappa shape index (κ2) is 3.95. The van der Waals surface area contributed by atoms with Crippen LogP contribution in [0.1, 0.15) is 5.56 Å². The fourth-order valence-corrected chi connectivity index (χ4v) is 1.99. The maximum atomic E-state index is 5.62. The second-order valence-corrected chi connectivity index (χ2v) is 3.64. The number of rotatable bonds is 3. The third-order valence-corrected chi connectivity index (χ3v) is 2.75. The minimum Gasteiger partial charge on any atom is -0.496 e. The standard InChI is InChI=1S/C12H16N2O/c1-14-8-6-9-10(5-7-13)12(15-2)4-3-11(9)14/h3-4,6,8H,5,7,13H2,1-2H3. The van der Waals surface area contributed by atoms with E-state index < -0.39 is 0 Å². The first-order chi connectivity index (χ1) is 7.27. The number of hydrogen-bond acceptors (Lipinski definition) is 2. The molecule has 0 unspecified atom stereocenters. The Balaban J connectivity index is 2.67. The van der Waals surface area contributed by atoms with Crippen molar-refractivity contribution < 1.29 is 4.74 Å². The molecule has 2 rings (SSSR count). The van der Waals surface area contributed by atoms with Crippen LogP contribution < -0.4 is 10.5 Å². The van der Waals surface area contributed by atoms with Crippen LogP contribution in [0.5, 0.6) is 5.75 Å². The second-order valence-electron chi connectivity index (χ2n) is 3.64. The number of benzene rings is 1. The van der Waals surface area contributed by atoms with Crippen LogP contribution in [0.25, 0.3) is 10.9 Å². The molecule has 0 amide bonds. The third kappa shape index (κ3) is 1.59. The lowest BCUT2D eigenvalue weighted by Crippen LogP contribution is -2.04. The minimum atomic E-state index is 0.643. The molecule has 0 bridgehead atoms. The maximum Gasteiger partial charge on any atom is 0.122 e. The Morgan fingerprint density at radius 2 is 2.13 bits per heavy atom. The van der Waals surface area contributed by atoms with Crippen LogP contribution in [0.15, 0.2) is 24.4 Å². The quantitative estimate of drug-likeness (QED) is 0.826. The van der Waals surface area contributed by atoms with Crippen molar-refractivity contribution >= 4 is 10.9 Å². The van der Waals surface area contributed by atoms with E-state index in [2.05, 4.69) is 22.9 Å². The molecule has 2 aromatic rings. The SMILES string of the molecule is COc1ccc2c(ccn2C)c1CCN.